The van der Waals surface area contributed by atoms with Crippen molar-refractivity contribution in [2.24, 2.45) is 5.73 Å². The summed E-state index contributed by atoms with van der Waals surface area (Å²) in [4.78, 5) is 0.885. The molecule has 0 saturated carbocycles. The van der Waals surface area contributed by atoms with Gasteiger partial charge < -0.3 is 10.5 Å². The number of para-hydroxylation sites is 1. The smallest absolute Gasteiger partial charge is 0.250 e. The Labute approximate surface area is 128 Å². The Hall–Kier alpha value is -1.41. The van der Waals surface area contributed by atoms with Crippen LogP contribution >= 0.6 is 11.3 Å². The fourth-order valence-electron chi connectivity index (χ4n) is 1.76. The summed E-state index contributed by atoms with van der Waals surface area (Å²) >= 11 is 1.20. The highest BCUT2D eigenvalue weighted by Gasteiger charge is 2.17. The van der Waals surface area contributed by atoms with E-state index in [1.165, 1.54) is 11.3 Å². The maximum atomic E-state index is 12.1. The van der Waals surface area contributed by atoms with E-state index in [2.05, 4.69) is 4.72 Å². The topological polar surface area (TPSA) is 81.4 Å². The molecule has 0 fully saturated rings. The third-order valence-corrected chi connectivity index (χ3v) is 6.05. The molecule has 0 bridgehead atoms. The normalized spacial score (nSPS) is 11.5. The predicted molar refractivity (Wildman–Crippen MR) is 84.1 cm³/mol. The Morgan fingerprint density at radius 2 is 2.00 bits per heavy atom. The SMILES string of the molecule is Cc1cc(S(=O)(=O)NCCOc2ccccc2)sc1CN. The highest BCUT2D eigenvalue weighted by atomic mass is 32.2. The second kappa shape index (κ2) is 7.04. The molecular weight excluding hydrogens is 308 g/mol. The summed E-state index contributed by atoms with van der Waals surface area (Å²) < 4.78 is 32.5. The van der Waals surface area contributed by atoms with Crippen molar-refractivity contribution in [1.82, 2.24) is 4.72 Å². The number of nitrogens with one attached hydrogen (secondary N) is 1. The number of ether oxygens (including phenoxy) is 1. The number of hydrogen-bond acceptors (Lipinski definition) is 5. The zero-order valence-corrected chi connectivity index (χ0v) is 13.3. The van der Waals surface area contributed by atoms with Gasteiger partial charge >= 0.3 is 0 Å². The molecule has 3 N–H and O–H groups in total. The molecule has 7 heteroatoms. The summed E-state index contributed by atoms with van der Waals surface area (Å²) in [7, 11) is -3.49. The van der Waals surface area contributed by atoms with Crippen LogP contribution in [0.15, 0.2) is 40.6 Å². The quantitative estimate of drug-likeness (QED) is 0.761. The first-order valence-electron chi connectivity index (χ1n) is 6.50. The van der Waals surface area contributed by atoms with Gasteiger partial charge in [-0.2, -0.15) is 0 Å². The van der Waals surface area contributed by atoms with Gasteiger partial charge in [-0.3, -0.25) is 0 Å². The maximum Gasteiger partial charge on any atom is 0.250 e. The van der Waals surface area contributed by atoms with Gasteiger partial charge in [-0.25, -0.2) is 13.1 Å². The van der Waals surface area contributed by atoms with E-state index in [1.807, 2.05) is 37.3 Å². The van der Waals surface area contributed by atoms with E-state index in [0.717, 1.165) is 10.4 Å². The van der Waals surface area contributed by atoms with Gasteiger partial charge in [0.05, 0.1) is 0 Å². The summed E-state index contributed by atoms with van der Waals surface area (Å²) in [5, 5.41) is 0. The molecule has 0 amide bonds. The number of aryl methyl sites for hydroxylation is 1. The van der Waals surface area contributed by atoms with Crippen LogP contribution in [0.4, 0.5) is 0 Å². The molecule has 2 rings (SSSR count). The molecule has 114 valence electrons. The van der Waals surface area contributed by atoms with Crippen molar-refractivity contribution in [1.29, 1.82) is 0 Å². The fourth-order valence-corrected chi connectivity index (χ4v) is 4.28. The van der Waals surface area contributed by atoms with Gasteiger partial charge in [0.15, 0.2) is 0 Å². The van der Waals surface area contributed by atoms with E-state index in [-0.39, 0.29) is 13.2 Å². The Balaban J connectivity index is 1.89. The molecule has 0 aliphatic carbocycles. The van der Waals surface area contributed by atoms with Gasteiger partial charge in [-0.15, -0.1) is 11.3 Å². The van der Waals surface area contributed by atoms with Crippen LogP contribution in [0.3, 0.4) is 0 Å². The third-order valence-electron chi connectivity index (χ3n) is 2.85. The first kappa shape index (κ1) is 16.0. The van der Waals surface area contributed by atoms with Gasteiger partial charge in [0.2, 0.25) is 10.0 Å². The number of hydrogen-bond donors (Lipinski definition) is 2. The molecule has 1 aromatic carbocycles. The van der Waals surface area contributed by atoms with Gasteiger partial charge in [-0.1, -0.05) is 18.2 Å². The van der Waals surface area contributed by atoms with Crippen LogP contribution in [0.5, 0.6) is 5.75 Å². The van der Waals surface area contributed by atoms with Crippen molar-refractivity contribution in [3.8, 4) is 5.75 Å². The Kier molecular flexibility index (Phi) is 5.35. The minimum absolute atomic E-state index is 0.214. The van der Waals surface area contributed by atoms with Crippen LogP contribution in [-0.2, 0) is 16.6 Å². The van der Waals surface area contributed by atoms with E-state index < -0.39 is 10.0 Å². The molecule has 5 nitrogen and oxygen atoms in total. The largest absolute Gasteiger partial charge is 0.492 e. The lowest BCUT2D eigenvalue weighted by Crippen LogP contribution is -2.27. The molecule has 1 heterocycles. The number of benzene rings is 1. The van der Waals surface area contributed by atoms with Crippen LogP contribution in [0.2, 0.25) is 0 Å². The summed E-state index contributed by atoms with van der Waals surface area (Å²) in [6.45, 7) is 2.70. The molecular formula is C14H18N2O3S2. The molecule has 0 atom stereocenters. The van der Waals surface area contributed by atoms with E-state index in [9.17, 15) is 8.42 Å². The molecule has 2 aromatic rings. The van der Waals surface area contributed by atoms with Crippen LogP contribution in [0.1, 0.15) is 10.4 Å². The minimum atomic E-state index is -3.49. The number of thiophene rings is 1. The van der Waals surface area contributed by atoms with Crippen LogP contribution in [0.25, 0.3) is 0 Å². The average Bonchev–Trinajstić information content (AvgIpc) is 2.87. The van der Waals surface area contributed by atoms with Gasteiger partial charge in [0.1, 0.15) is 16.6 Å². The van der Waals surface area contributed by atoms with Crippen molar-refractivity contribution in [2.75, 3.05) is 13.2 Å². The molecule has 0 radical (unpaired) electrons. The molecule has 1 aromatic heterocycles. The number of sulfonamides is 1. The second-order valence-corrected chi connectivity index (χ2v) is 7.57. The Bertz CT molecular complexity index is 681. The van der Waals surface area contributed by atoms with Crippen molar-refractivity contribution < 1.29 is 13.2 Å². The lowest BCUT2D eigenvalue weighted by Gasteiger charge is -2.07. The summed E-state index contributed by atoms with van der Waals surface area (Å²) in [6, 6.07) is 10.9. The molecule has 0 unspecified atom stereocenters. The first-order chi connectivity index (χ1) is 10.0. The highest BCUT2D eigenvalue weighted by Crippen LogP contribution is 2.25. The van der Waals surface area contributed by atoms with Crippen molar-refractivity contribution in [3.63, 3.8) is 0 Å². The van der Waals surface area contributed by atoms with Gasteiger partial charge in [0, 0.05) is 18.0 Å². The molecule has 0 saturated heterocycles. The van der Waals surface area contributed by atoms with E-state index in [4.69, 9.17) is 10.5 Å². The number of nitrogens with two attached hydrogens (primary N) is 1. The van der Waals surface area contributed by atoms with Gasteiger partial charge in [0.25, 0.3) is 0 Å². The lowest BCUT2D eigenvalue weighted by atomic mass is 10.3. The van der Waals surface area contributed by atoms with Gasteiger partial charge in [-0.05, 0) is 30.7 Å². The van der Waals surface area contributed by atoms with Crippen LogP contribution < -0.4 is 15.2 Å². The van der Waals surface area contributed by atoms with Crippen LogP contribution in [-0.4, -0.2) is 21.6 Å². The van der Waals surface area contributed by atoms with Crippen molar-refractivity contribution >= 4 is 21.4 Å². The first-order valence-corrected chi connectivity index (χ1v) is 8.80. The molecule has 0 spiro atoms. The predicted octanol–water partition coefficient (Wildman–Crippen LogP) is 1.87. The lowest BCUT2D eigenvalue weighted by molar-refractivity contribution is 0.323. The zero-order valence-electron chi connectivity index (χ0n) is 11.7. The molecule has 21 heavy (non-hydrogen) atoms. The Morgan fingerprint density at radius 1 is 1.29 bits per heavy atom. The van der Waals surface area contributed by atoms with E-state index >= 15 is 0 Å². The Morgan fingerprint density at radius 3 is 2.62 bits per heavy atom. The zero-order chi connectivity index (χ0) is 15.3. The van der Waals surface area contributed by atoms with Crippen molar-refractivity contribution in [3.05, 3.63) is 46.8 Å². The monoisotopic (exact) mass is 326 g/mol. The molecule has 0 aliphatic heterocycles. The van der Waals surface area contributed by atoms with E-state index in [1.54, 1.807) is 6.07 Å². The fraction of sp³-hybridized carbons (Fsp3) is 0.286. The summed E-state index contributed by atoms with van der Waals surface area (Å²) in [6.07, 6.45) is 0. The third kappa shape index (κ3) is 4.28. The number of rotatable bonds is 7. The summed E-state index contributed by atoms with van der Waals surface area (Å²) in [5.41, 5.74) is 6.47. The second-order valence-electron chi connectivity index (χ2n) is 4.44. The highest BCUT2D eigenvalue weighted by molar-refractivity contribution is 7.91. The molecule has 0 aliphatic rings. The maximum absolute atomic E-state index is 12.1. The minimum Gasteiger partial charge on any atom is -0.492 e. The standard InChI is InChI=1S/C14H18N2O3S2/c1-11-9-14(20-13(11)10-15)21(17,18)16-7-8-19-12-5-3-2-4-6-12/h2-6,9,16H,7-8,10,15H2,1H3. The average molecular weight is 326 g/mol. The van der Waals surface area contributed by atoms with Crippen molar-refractivity contribution in [2.45, 2.75) is 17.7 Å². The van der Waals surface area contributed by atoms with E-state index in [0.29, 0.717) is 16.5 Å². The summed E-state index contributed by atoms with van der Waals surface area (Å²) in [5.74, 6) is 0.717. The van der Waals surface area contributed by atoms with Crippen LogP contribution in [0, 0.1) is 6.92 Å².